The van der Waals surface area contributed by atoms with Crippen molar-refractivity contribution in [2.24, 2.45) is 5.92 Å². The molecule has 0 spiro atoms. The van der Waals surface area contributed by atoms with Crippen LogP contribution < -0.4 is 10.2 Å². The zero-order valence-corrected chi connectivity index (χ0v) is 14.9. The molecule has 6 heteroatoms. The Hall–Kier alpha value is -1.95. The minimum atomic E-state index is -0.328. The molecule has 2 aliphatic rings. The molecule has 2 saturated heterocycles. The first-order valence-electron chi connectivity index (χ1n) is 9.04. The molecule has 2 heterocycles. The summed E-state index contributed by atoms with van der Waals surface area (Å²) >= 11 is 0. The van der Waals surface area contributed by atoms with Gasteiger partial charge in [-0.3, -0.25) is 9.59 Å². The lowest BCUT2D eigenvalue weighted by molar-refractivity contribution is -0.131. The van der Waals surface area contributed by atoms with E-state index in [2.05, 4.69) is 12.2 Å². The predicted octanol–water partition coefficient (Wildman–Crippen LogP) is 2.17. The van der Waals surface area contributed by atoms with Gasteiger partial charge in [0.05, 0.1) is 6.04 Å². The molecule has 2 amide bonds. The first kappa shape index (κ1) is 17.9. The van der Waals surface area contributed by atoms with E-state index in [0.29, 0.717) is 18.2 Å². The molecular weight excluding hydrogens is 321 g/mol. The fourth-order valence-corrected chi connectivity index (χ4v) is 3.87. The lowest BCUT2D eigenvalue weighted by Crippen LogP contribution is -2.58. The Balaban J connectivity index is 1.65. The number of anilines is 1. The molecular formula is C19H26FN3O2. The highest BCUT2D eigenvalue weighted by atomic mass is 19.1. The maximum absolute atomic E-state index is 13.5. The van der Waals surface area contributed by atoms with Crippen LogP contribution in [0.2, 0.25) is 0 Å². The summed E-state index contributed by atoms with van der Waals surface area (Å²) in [6, 6.07) is 6.18. The number of amides is 2. The minimum Gasteiger partial charge on any atom is -0.343 e. The van der Waals surface area contributed by atoms with Crippen molar-refractivity contribution < 1.29 is 14.0 Å². The molecule has 2 fully saturated rings. The summed E-state index contributed by atoms with van der Waals surface area (Å²) in [6.07, 6.45) is 2.54. The number of likely N-dealkylation sites (tertiary alicyclic amines) is 1. The van der Waals surface area contributed by atoms with E-state index < -0.39 is 0 Å². The first-order chi connectivity index (χ1) is 12.0. The van der Waals surface area contributed by atoms with Crippen LogP contribution in [-0.2, 0) is 9.59 Å². The van der Waals surface area contributed by atoms with Crippen molar-refractivity contribution in [1.29, 1.82) is 0 Å². The average Bonchev–Trinajstić information content (AvgIpc) is 2.58. The normalized spacial score (nSPS) is 27.5. The predicted molar refractivity (Wildman–Crippen MR) is 94.7 cm³/mol. The summed E-state index contributed by atoms with van der Waals surface area (Å²) in [6.45, 7) is 5.79. The number of nitrogens with zero attached hydrogens (tertiary/aromatic N) is 2. The van der Waals surface area contributed by atoms with Crippen molar-refractivity contribution in [1.82, 2.24) is 10.2 Å². The fourth-order valence-electron chi connectivity index (χ4n) is 3.87. The second-order valence-corrected chi connectivity index (χ2v) is 7.17. The summed E-state index contributed by atoms with van der Waals surface area (Å²) in [7, 11) is 0. The summed E-state index contributed by atoms with van der Waals surface area (Å²) in [5.41, 5.74) is 0.621. The van der Waals surface area contributed by atoms with E-state index in [1.54, 1.807) is 24.0 Å². The van der Waals surface area contributed by atoms with Crippen molar-refractivity contribution in [2.75, 3.05) is 24.5 Å². The van der Waals surface area contributed by atoms with Gasteiger partial charge in [0.25, 0.3) is 0 Å². The first-order valence-corrected chi connectivity index (χ1v) is 9.04. The van der Waals surface area contributed by atoms with E-state index in [1.165, 1.54) is 12.1 Å². The number of nitrogens with one attached hydrogen (secondary N) is 1. The zero-order valence-electron chi connectivity index (χ0n) is 14.9. The number of halogens is 1. The Labute approximate surface area is 148 Å². The molecule has 1 N–H and O–H groups in total. The summed E-state index contributed by atoms with van der Waals surface area (Å²) in [5.74, 6) is 0.0926. The Morgan fingerprint density at radius 1 is 1.28 bits per heavy atom. The van der Waals surface area contributed by atoms with Crippen molar-refractivity contribution >= 4 is 17.5 Å². The van der Waals surface area contributed by atoms with Crippen LogP contribution in [0.15, 0.2) is 24.3 Å². The maximum Gasteiger partial charge on any atom is 0.244 e. The van der Waals surface area contributed by atoms with Crippen LogP contribution in [0.1, 0.15) is 33.1 Å². The van der Waals surface area contributed by atoms with Gasteiger partial charge in [-0.05, 0) is 43.4 Å². The highest BCUT2D eigenvalue weighted by Crippen LogP contribution is 2.24. The van der Waals surface area contributed by atoms with Crippen LogP contribution in [0.5, 0.6) is 0 Å². The monoisotopic (exact) mass is 347 g/mol. The van der Waals surface area contributed by atoms with Gasteiger partial charge in [-0.1, -0.05) is 13.0 Å². The largest absolute Gasteiger partial charge is 0.343 e. The van der Waals surface area contributed by atoms with Crippen molar-refractivity contribution in [3.05, 3.63) is 30.1 Å². The molecule has 0 radical (unpaired) electrons. The molecule has 3 unspecified atom stereocenters. The molecule has 136 valence electrons. The topological polar surface area (TPSA) is 52.7 Å². The van der Waals surface area contributed by atoms with Crippen molar-refractivity contribution in [3.63, 3.8) is 0 Å². The van der Waals surface area contributed by atoms with Crippen LogP contribution in [0.25, 0.3) is 0 Å². The molecule has 0 aromatic heterocycles. The highest BCUT2D eigenvalue weighted by Gasteiger charge is 2.34. The highest BCUT2D eigenvalue weighted by molar-refractivity contribution is 5.97. The third-order valence-electron chi connectivity index (χ3n) is 5.32. The standard InChI is InChI=1S/C19H26FN3O2/c1-13-12-22(14(2)24)10-8-17(13)21-18-7-4-9-23(19(18)25)16-6-3-5-15(20)11-16/h3,5-6,11,13,17-18,21H,4,7-10,12H2,1-2H3. The number of piperidine rings is 2. The fraction of sp³-hybridized carbons (Fsp3) is 0.579. The van der Waals surface area contributed by atoms with E-state index in [0.717, 1.165) is 32.4 Å². The van der Waals surface area contributed by atoms with Gasteiger partial charge in [0.2, 0.25) is 11.8 Å². The van der Waals surface area contributed by atoms with Crippen molar-refractivity contribution in [2.45, 2.75) is 45.2 Å². The van der Waals surface area contributed by atoms with E-state index in [1.807, 2.05) is 4.90 Å². The third kappa shape index (κ3) is 4.00. The number of hydrogen-bond acceptors (Lipinski definition) is 3. The molecule has 0 aliphatic carbocycles. The average molecular weight is 347 g/mol. The SMILES string of the molecule is CC(=O)N1CCC(NC2CCCN(c3cccc(F)c3)C2=O)C(C)C1. The Bertz CT molecular complexity index is 651. The van der Waals surface area contributed by atoms with Gasteiger partial charge >= 0.3 is 0 Å². The quantitative estimate of drug-likeness (QED) is 0.912. The molecule has 0 saturated carbocycles. The summed E-state index contributed by atoms with van der Waals surface area (Å²) < 4.78 is 13.5. The Morgan fingerprint density at radius 2 is 2.08 bits per heavy atom. The van der Waals surface area contributed by atoms with Crippen molar-refractivity contribution in [3.8, 4) is 0 Å². The van der Waals surface area contributed by atoms with Gasteiger partial charge in [-0.2, -0.15) is 0 Å². The van der Waals surface area contributed by atoms with E-state index in [9.17, 15) is 14.0 Å². The van der Waals surface area contributed by atoms with Crippen LogP contribution in [0.3, 0.4) is 0 Å². The molecule has 2 aliphatic heterocycles. The molecule has 3 atom stereocenters. The van der Waals surface area contributed by atoms with Gasteiger partial charge in [-0.25, -0.2) is 4.39 Å². The van der Waals surface area contributed by atoms with Crippen LogP contribution in [0.4, 0.5) is 10.1 Å². The molecule has 1 aromatic rings. The second kappa shape index (κ2) is 7.52. The third-order valence-corrected chi connectivity index (χ3v) is 5.32. The second-order valence-electron chi connectivity index (χ2n) is 7.17. The summed E-state index contributed by atoms with van der Waals surface area (Å²) in [5, 5.41) is 3.51. The van der Waals surface area contributed by atoms with Gasteiger partial charge in [-0.15, -0.1) is 0 Å². The van der Waals surface area contributed by atoms with E-state index in [-0.39, 0.29) is 29.7 Å². The number of carbonyl (C=O) groups excluding carboxylic acids is 2. The van der Waals surface area contributed by atoms with Crippen LogP contribution in [-0.4, -0.2) is 48.4 Å². The van der Waals surface area contributed by atoms with Gasteiger partial charge < -0.3 is 15.1 Å². The number of carbonyl (C=O) groups is 2. The van der Waals surface area contributed by atoms with Crippen LogP contribution in [0, 0.1) is 11.7 Å². The van der Waals surface area contributed by atoms with E-state index in [4.69, 9.17) is 0 Å². The zero-order chi connectivity index (χ0) is 18.0. The molecule has 0 bridgehead atoms. The van der Waals surface area contributed by atoms with Gasteiger partial charge in [0.15, 0.2) is 0 Å². The van der Waals surface area contributed by atoms with Crippen LogP contribution >= 0.6 is 0 Å². The number of hydrogen-bond donors (Lipinski definition) is 1. The van der Waals surface area contributed by atoms with Gasteiger partial charge in [0, 0.05) is 38.3 Å². The lowest BCUT2D eigenvalue weighted by Gasteiger charge is -2.40. The Kier molecular flexibility index (Phi) is 5.37. The lowest BCUT2D eigenvalue weighted by atomic mass is 9.91. The molecule has 5 nitrogen and oxygen atoms in total. The molecule has 1 aromatic carbocycles. The Morgan fingerprint density at radius 3 is 2.76 bits per heavy atom. The van der Waals surface area contributed by atoms with E-state index >= 15 is 0 Å². The minimum absolute atomic E-state index is 0.0121. The molecule has 25 heavy (non-hydrogen) atoms. The number of rotatable bonds is 3. The van der Waals surface area contributed by atoms with Gasteiger partial charge in [0.1, 0.15) is 5.82 Å². The molecule has 3 rings (SSSR count). The summed E-state index contributed by atoms with van der Waals surface area (Å²) in [4.78, 5) is 27.9. The maximum atomic E-state index is 13.5. The number of benzene rings is 1. The smallest absolute Gasteiger partial charge is 0.244 e.